The molecule has 11 heteroatoms. The summed E-state index contributed by atoms with van der Waals surface area (Å²) in [6, 6.07) is 19.1. The smallest absolute Gasteiger partial charge is 0.251 e. The Morgan fingerprint density at radius 3 is 2.43 bits per heavy atom. The number of thiocarbonyl (C=S) groups is 1. The van der Waals surface area contributed by atoms with Gasteiger partial charge in [-0.3, -0.25) is 4.79 Å². The molecular weight excluding hydrogens is 616 g/mol. The molecule has 3 N–H and O–H groups in total. The molecule has 1 amide bonds. The third kappa shape index (κ3) is 6.94. The Kier molecular flexibility index (Phi) is 8.59. The van der Waals surface area contributed by atoms with E-state index < -0.39 is 17.6 Å². The van der Waals surface area contributed by atoms with Crippen LogP contribution >= 0.6 is 12.2 Å². The Balaban J connectivity index is 1.27. The molecular formula is C35H28F4N4O2S. The summed E-state index contributed by atoms with van der Waals surface area (Å²) >= 11 is 5.52. The fourth-order valence-electron chi connectivity index (χ4n) is 5.32. The van der Waals surface area contributed by atoms with Gasteiger partial charge in [0.2, 0.25) is 5.91 Å². The fraction of sp³-hybridized carbons (Fsp3) is 0.171. The maximum Gasteiger partial charge on any atom is 0.251 e. The molecule has 1 aliphatic heterocycles. The Bertz CT molecular complexity index is 1950. The van der Waals surface area contributed by atoms with Crippen molar-refractivity contribution in [2.24, 2.45) is 0 Å². The quantitative estimate of drug-likeness (QED) is 0.107. The van der Waals surface area contributed by atoms with Crippen molar-refractivity contribution in [2.75, 3.05) is 18.8 Å². The van der Waals surface area contributed by atoms with Crippen molar-refractivity contribution in [3.8, 4) is 22.3 Å². The summed E-state index contributed by atoms with van der Waals surface area (Å²) in [4.78, 5) is 18.5. The van der Waals surface area contributed by atoms with Crippen molar-refractivity contribution in [2.45, 2.75) is 25.3 Å². The van der Waals surface area contributed by atoms with Gasteiger partial charge >= 0.3 is 0 Å². The molecule has 0 unspecified atom stereocenters. The summed E-state index contributed by atoms with van der Waals surface area (Å²) in [6.07, 6.45) is 3.94. The van der Waals surface area contributed by atoms with Gasteiger partial charge in [0.05, 0.1) is 6.54 Å². The molecule has 0 bridgehead atoms. The number of piperidine rings is 1. The monoisotopic (exact) mass is 644 g/mol. The zero-order chi connectivity index (χ0) is 32.4. The maximum absolute atomic E-state index is 15.7. The second-order valence-electron chi connectivity index (χ2n) is 11.1. The van der Waals surface area contributed by atoms with E-state index >= 15 is 4.39 Å². The van der Waals surface area contributed by atoms with Crippen LogP contribution in [0.1, 0.15) is 29.7 Å². The van der Waals surface area contributed by atoms with Crippen molar-refractivity contribution in [1.82, 2.24) is 15.2 Å². The second-order valence-corrected chi connectivity index (χ2v) is 11.5. The number of furan rings is 1. The summed E-state index contributed by atoms with van der Waals surface area (Å²) in [5, 5.41) is 3.43. The number of aromatic nitrogens is 1. The number of fused-ring (bicyclic) bond motifs is 1. The number of benzene rings is 3. The van der Waals surface area contributed by atoms with E-state index in [0.717, 1.165) is 0 Å². The first kappa shape index (κ1) is 31.0. The van der Waals surface area contributed by atoms with Crippen molar-refractivity contribution in [3.05, 3.63) is 114 Å². The Labute approximate surface area is 267 Å². The van der Waals surface area contributed by atoms with Crippen molar-refractivity contribution < 1.29 is 26.8 Å². The van der Waals surface area contributed by atoms with Crippen LogP contribution in [0.4, 0.5) is 23.4 Å². The highest BCUT2D eigenvalue weighted by atomic mass is 32.1. The van der Waals surface area contributed by atoms with E-state index in [1.54, 1.807) is 71.8 Å². The number of hydrogen-bond acceptors (Lipinski definition) is 5. The first-order valence-electron chi connectivity index (χ1n) is 14.5. The Morgan fingerprint density at radius 2 is 1.74 bits per heavy atom. The highest BCUT2D eigenvalue weighted by Gasteiger charge is 2.35. The van der Waals surface area contributed by atoms with Gasteiger partial charge in [0.1, 0.15) is 33.8 Å². The highest BCUT2D eigenvalue weighted by Crippen LogP contribution is 2.37. The molecule has 5 aromatic rings. The van der Waals surface area contributed by atoms with Gasteiger partial charge in [0, 0.05) is 60.3 Å². The van der Waals surface area contributed by atoms with Crippen LogP contribution in [0, 0.1) is 11.6 Å². The molecule has 2 aromatic heterocycles. The molecule has 0 saturated carbocycles. The number of nitrogens with one attached hydrogen (secondary N) is 1. The standard InChI is InChI=1S/C35H28F4N4O2S/c36-26-6-3-22(4-7-26)29-17-24(28-8-5-23(18-30(28)37)34(46)43-13-11-35(38,39)12-14-43)15-25-16-27(45-33(25)29)20-42-32(44)10-2-21-1-9-31(40)41-19-21/h1-10,15-19H,11-14,20H2,(H2,40,41)(H,42,44)/b10-2+. The summed E-state index contributed by atoms with van der Waals surface area (Å²) in [6.45, 7) is 0.290. The van der Waals surface area contributed by atoms with E-state index in [1.165, 1.54) is 24.3 Å². The fourth-order valence-corrected chi connectivity index (χ4v) is 5.62. The number of rotatable bonds is 7. The number of halogens is 4. The molecule has 6 rings (SSSR count). The van der Waals surface area contributed by atoms with Gasteiger partial charge < -0.3 is 20.4 Å². The predicted octanol–water partition coefficient (Wildman–Crippen LogP) is 7.76. The molecule has 0 atom stereocenters. The second kappa shape index (κ2) is 12.8. The molecule has 0 radical (unpaired) electrons. The average Bonchev–Trinajstić information content (AvgIpc) is 3.46. The highest BCUT2D eigenvalue weighted by molar-refractivity contribution is 7.80. The van der Waals surface area contributed by atoms with Gasteiger partial charge in [-0.2, -0.15) is 0 Å². The first-order chi connectivity index (χ1) is 22.0. The SMILES string of the molecule is Nc1ccc(/C=C/C(=O)NCc2cc3cc(-c4ccc(C(=S)N5CCC(F)(F)CC5)cc4F)cc(-c4ccc(F)cc4)c3o2)cn1. The molecule has 1 fully saturated rings. The predicted molar refractivity (Wildman–Crippen MR) is 174 cm³/mol. The minimum Gasteiger partial charge on any atom is -0.459 e. The van der Waals surface area contributed by atoms with Crippen molar-refractivity contribution >= 4 is 46.0 Å². The van der Waals surface area contributed by atoms with E-state index in [4.69, 9.17) is 22.4 Å². The van der Waals surface area contributed by atoms with Gasteiger partial charge in [0.25, 0.3) is 5.92 Å². The average molecular weight is 645 g/mol. The summed E-state index contributed by atoms with van der Waals surface area (Å²) in [5.74, 6) is -3.17. The van der Waals surface area contributed by atoms with Crippen molar-refractivity contribution in [1.29, 1.82) is 0 Å². The Hall–Kier alpha value is -5.03. The summed E-state index contributed by atoms with van der Waals surface area (Å²) in [5.41, 5.74) is 9.32. The lowest BCUT2D eigenvalue weighted by Crippen LogP contribution is -2.42. The van der Waals surface area contributed by atoms with Crippen LogP contribution in [0.15, 0.2) is 89.5 Å². The number of amides is 1. The van der Waals surface area contributed by atoms with Crippen LogP contribution in [-0.2, 0) is 11.3 Å². The van der Waals surface area contributed by atoms with Crippen LogP contribution in [0.25, 0.3) is 39.3 Å². The molecule has 1 aliphatic rings. The number of nitrogens with zero attached hydrogens (tertiary/aromatic N) is 2. The minimum absolute atomic E-state index is 0.0823. The van der Waals surface area contributed by atoms with E-state index in [1.807, 2.05) is 0 Å². The molecule has 6 nitrogen and oxygen atoms in total. The van der Waals surface area contributed by atoms with Gasteiger partial charge in [-0.15, -0.1) is 0 Å². The number of carbonyl (C=O) groups is 1. The molecule has 46 heavy (non-hydrogen) atoms. The zero-order valence-corrected chi connectivity index (χ0v) is 25.2. The van der Waals surface area contributed by atoms with Gasteiger partial charge in [-0.25, -0.2) is 22.5 Å². The third-order valence-corrected chi connectivity index (χ3v) is 8.30. The van der Waals surface area contributed by atoms with Crippen LogP contribution in [-0.4, -0.2) is 39.8 Å². The number of hydrogen-bond donors (Lipinski definition) is 2. The molecule has 0 spiro atoms. The van der Waals surface area contributed by atoms with Crippen LogP contribution in [0.3, 0.4) is 0 Å². The van der Waals surface area contributed by atoms with Crippen molar-refractivity contribution in [3.63, 3.8) is 0 Å². The number of nitrogens with two attached hydrogens (primary N) is 1. The van der Waals surface area contributed by atoms with Gasteiger partial charge in [-0.05, 0) is 71.3 Å². The minimum atomic E-state index is -2.71. The largest absolute Gasteiger partial charge is 0.459 e. The Morgan fingerprint density at radius 1 is 0.978 bits per heavy atom. The third-order valence-electron chi connectivity index (χ3n) is 7.80. The summed E-state index contributed by atoms with van der Waals surface area (Å²) in [7, 11) is 0. The molecule has 3 heterocycles. The molecule has 1 saturated heterocycles. The van der Waals surface area contributed by atoms with Gasteiger partial charge in [-0.1, -0.05) is 36.5 Å². The number of pyridine rings is 1. The molecule has 3 aromatic carbocycles. The molecule has 0 aliphatic carbocycles. The maximum atomic E-state index is 15.7. The first-order valence-corrected chi connectivity index (χ1v) is 14.9. The molecule has 234 valence electrons. The zero-order valence-electron chi connectivity index (χ0n) is 24.4. The van der Waals surface area contributed by atoms with Gasteiger partial charge in [0.15, 0.2) is 0 Å². The van der Waals surface area contributed by atoms with Crippen LogP contribution < -0.4 is 11.1 Å². The van der Waals surface area contributed by atoms with E-state index in [0.29, 0.717) is 60.9 Å². The number of anilines is 1. The van der Waals surface area contributed by atoms with Crippen LogP contribution in [0.2, 0.25) is 0 Å². The lowest BCUT2D eigenvalue weighted by molar-refractivity contribution is -0.116. The van der Waals surface area contributed by atoms with E-state index in [9.17, 15) is 18.0 Å². The van der Waals surface area contributed by atoms with E-state index in [-0.39, 0.29) is 38.4 Å². The number of nitrogen functional groups attached to an aromatic ring is 1. The van der Waals surface area contributed by atoms with E-state index in [2.05, 4.69) is 10.3 Å². The van der Waals surface area contributed by atoms with Crippen LogP contribution in [0.5, 0.6) is 0 Å². The normalized spacial score (nSPS) is 14.6. The number of alkyl halides is 2. The number of likely N-dealkylation sites (tertiary alicyclic amines) is 1. The lowest BCUT2D eigenvalue weighted by atomic mass is 9.95. The number of carbonyl (C=O) groups excluding carboxylic acids is 1. The summed E-state index contributed by atoms with van der Waals surface area (Å²) < 4.78 is 62.9. The lowest BCUT2D eigenvalue weighted by Gasteiger charge is -2.33. The topological polar surface area (TPSA) is 84.4 Å².